The Morgan fingerprint density at radius 3 is 3.00 bits per heavy atom. The van der Waals surface area contributed by atoms with Crippen LogP contribution in [0.2, 0.25) is 0 Å². The summed E-state index contributed by atoms with van der Waals surface area (Å²) >= 11 is 1.60. The molecule has 1 heterocycles. The average Bonchev–Trinajstić information content (AvgIpc) is 2.05. The van der Waals surface area contributed by atoms with Crippen LogP contribution < -0.4 is 0 Å². The highest BCUT2D eigenvalue weighted by Gasteiger charge is 2.19. The Morgan fingerprint density at radius 2 is 2.33 bits per heavy atom. The molecule has 0 aliphatic carbocycles. The fraction of sp³-hybridized carbons (Fsp3) is 0.900. The van der Waals surface area contributed by atoms with Gasteiger partial charge in [0.05, 0.1) is 0 Å². The summed E-state index contributed by atoms with van der Waals surface area (Å²) < 4.78 is 0. The fourth-order valence-corrected chi connectivity index (χ4v) is 2.81. The van der Waals surface area contributed by atoms with E-state index in [1.54, 1.807) is 11.8 Å². The molecule has 0 bridgehead atoms. The Hall–Kier alpha value is 0.0200. The third-order valence-corrected chi connectivity index (χ3v) is 3.61. The van der Waals surface area contributed by atoms with Crippen LogP contribution in [0.1, 0.15) is 51.9 Å². The van der Waals surface area contributed by atoms with Gasteiger partial charge in [-0.15, -0.1) is 0 Å². The second-order valence-corrected chi connectivity index (χ2v) is 4.86. The molecule has 12 heavy (non-hydrogen) atoms. The highest BCUT2D eigenvalue weighted by Crippen LogP contribution is 2.29. The number of hydrogen-bond acceptors (Lipinski definition) is 2. The van der Waals surface area contributed by atoms with E-state index in [1.165, 1.54) is 32.1 Å². The third kappa shape index (κ3) is 3.61. The van der Waals surface area contributed by atoms with Crippen LogP contribution in [0.25, 0.3) is 0 Å². The highest BCUT2D eigenvalue weighted by atomic mass is 32.2. The Balaban J connectivity index is 2.10. The molecule has 1 aliphatic rings. The van der Waals surface area contributed by atoms with Gasteiger partial charge in [-0.25, -0.2) is 0 Å². The molecule has 1 fully saturated rings. The number of hydrogen-bond donors (Lipinski definition) is 0. The minimum Gasteiger partial charge on any atom is -0.287 e. The molecule has 2 heteroatoms. The van der Waals surface area contributed by atoms with Gasteiger partial charge in [0.1, 0.15) is 0 Å². The van der Waals surface area contributed by atoms with Crippen molar-refractivity contribution in [3.63, 3.8) is 0 Å². The van der Waals surface area contributed by atoms with E-state index in [0.717, 1.165) is 12.8 Å². The quantitative estimate of drug-likeness (QED) is 0.626. The molecule has 1 nitrogen and oxygen atoms in total. The van der Waals surface area contributed by atoms with Gasteiger partial charge in [0.2, 0.25) is 0 Å². The Labute approximate surface area is 79.3 Å². The van der Waals surface area contributed by atoms with Crippen LogP contribution in [0.4, 0.5) is 0 Å². The molecule has 0 amide bonds. The van der Waals surface area contributed by atoms with E-state index < -0.39 is 0 Å². The summed E-state index contributed by atoms with van der Waals surface area (Å²) in [5.41, 5.74) is 0. The minimum absolute atomic E-state index is 0.419. The number of carbonyl (C=O) groups is 1. The highest BCUT2D eigenvalue weighted by molar-refractivity contribution is 8.14. The zero-order valence-corrected chi connectivity index (χ0v) is 8.66. The van der Waals surface area contributed by atoms with Gasteiger partial charge in [0, 0.05) is 11.7 Å². The van der Waals surface area contributed by atoms with Crippen molar-refractivity contribution in [2.24, 2.45) is 0 Å². The van der Waals surface area contributed by atoms with E-state index in [1.807, 2.05) is 0 Å². The maximum Gasteiger partial charge on any atom is 0.189 e. The number of carbonyl (C=O) groups excluding carboxylic acids is 1. The normalized spacial score (nSPS) is 24.4. The lowest BCUT2D eigenvalue weighted by atomic mass is 10.1. The molecule has 0 unspecified atom stereocenters. The smallest absolute Gasteiger partial charge is 0.189 e. The Morgan fingerprint density at radius 1 is 1.50 bits per heavy atom. The summed E-state index contributed by atoms with van der Waals surface area (Å²) in [6.45, 7) is 2.22. The van der Waals surface area contributed by atoms with Gasteiger partial charge in [-0.05, 0) is 19.3 Å². The zero-order chi connectivity index (χ0) is 8.81. The lowest BCUT2D eigenvalue weighted by Gasteiger charge is -2.19. The molecule has 0 aromatic rings. The van der Waals surface area contributed by atoms with Crippen molar-refractivity contribution >= 4 is 16.9 Å². The lowest BCUT2D eigenvalue weighted by molar-refractivity contribution is -0.111. The molecule has 0 radical (unpaired) electrons. The van der Waals surface area contributed by atoms with Gasteiger partial charge < -0.3 is 0 Å². The lowest BCUT2D eigenvalue weighted by Crippen LogP contribution is -2.12. The first kappa shape index (κ1) is 10.1. The first-order chi connectivity index (χ1) is 5.83. The molecule has 1 saturated heterocycles. The van der Waals surface area contributed by atoms with Crippen molar-refractivity contribution in [1.29, 1.82) is 0 Å². The van der Waals surface area contributed by atoms with Crippen LogP contribution in [0.3, 0.4) is 0 Å². The zero-order valence-electron chi connectivity index (χ0n) is 7.84. The summed E-state index contributed by atoms with van der Waals surface area (Å²) in [6.07, 6.45) is 8.37. The predicted molar refractivity (Wildman–Crippen MR) is 54.4 cm³/mol. The summed E-state index contributed by atoms with van der Waals surface area (Å²) in [5, 5.41) is 1.07. The first-order valence-corrected chi connectivity index (χ1v) is 5.90. The van der Waals surface area contributed by atoms with Gasteiger partial charge in [-0.1, -0.05) is 37.9 Å². The number of rotatable bonds is 4. The summed E-state index contributed by atoms with van der Waals surface area (Å²) in [4.78, 5) is 11.1. The first-order valence-electron chi connectivity index (χ1n) is 5.02. The van der Waals surface area contributed by atoms with Gasteiger partial charge >= 0.3 is 0 Å². The third-order valence-electron chi connectivity index (χ3n) is 2.33. The van der Waals surface area contributed by atoms with Crippen LogP contribution in [0.5, 0.6) is 0 Å². The SMILES string of the molecule is CCCCC[C@H]1CCCC(=O)S1. The van der Waals surface area contributed by atoms with Crippen LogP contribution in [0.15, 0.2) is 0 Å². The number of thioether (sulfide) groups is 1. The maximum absolute atomic E-state index is 11.1. The fourth-order valence-electron chi connectivity index (χ4n) is 1.60. The van der Waals surface area contributed by atoms with E-state index >= 15 is 0 Å². The van der Waals surface area contributed by atoms with E-state index in [2.05, 4.69) is 6.92 Å². The predicted octanol–water partition coefficient (Wildman–Crippen LogP) is 3.38. The topological polar surface area (TPSA) is 17.1 Å². The van der Waals surface area contributed by atoms with Gasteiger partial charge in [0.25, 0.3) is 0 Å². The van der Waals surface area contributed by atoms with Gasteiger partial charge in [-0.2, -0.15) is 0 Å². The van der Waals surface area contributed by atoms with Crippen LogP contribution >= 0.6 is 11.8 Å². The van der Waals surface area contributed by atoms with Crippen LogP contribution in [0, 0.1) is 0 Å². The molecular weight excluding hydrogens is 168 g/mol. The van der Waals surface area contributed by atoms with Crippen molar-refractivity contribution in [2.75, 3.05) is 0 Å². The molecule has 0 N–H and O–H groups in total. The average molecular weight is 186 g/mol. The summed E-state index contributed by atoms with van der Waals surface area (Å²) in [6, 6.07) is 0. The molecule has 70 valence electrons. The van der Waals surface area contributed by atoms with Crippen molar-refractivity contribution < 1.29 is 4.79 Å². The van der Waals surface area contributed by atoms with Crippen LogP contribution in [-0.4, -0.2) is 10.4 Å². The molecule has 1 aliphatic heterocycles. The second kappa shape index (κ2) is 5.63. The molecular formula is C10H18OS. The second-order valence-electron chi connectivity index (χ2n) is 3.50. The summed E-state index contributed by atoms with van der Waals surface area (Å²) in [5.74, 6) is 0. The number of unbranched alkanes of at least 4 members (excludes halogenated alkanes) is 2. The minimum atomic E-state index is 0.419. The summed E-state index contributed by atoms with van der Waals surface area (Å²) in [7, 11) is 0. The van der Waals surface area contributed by atoms with Crippen molar-refractivity contribution in [3.8, 4) is 0 Å². The van der Waals surface area contributed by atoms with E-state index in [0.29, 0.717) is 10.4 Å². The molecule has 0 spiro atoms. The van der Waals surface area contributed by atoms with Crippen molar-refractivity contribution in [3.05, 3.63) is 0 Å². The molecule has 0 saturated carbocycles. The van der Waals surface area contributed by atoms with Crippen molar-refractivity contribution in [2.45, 2.75) is 57.1 Å². The largest absolute Gasteiger partial charge is 0.287 e. The molecule has 1 atom stereocenters. The molecule has 0 aromatic heterocycles. The van der Waals surface area contributed by atoms with Gasteiger partial charge in [0.15, 0.2) is 5.12 Å². The molecule has 1 rings (SSSR count). The Kier molecular flexibility index (Phi) is 4.74. The standard InChI is InChI=1S/C10H18OS/c1-2-3-4-6-9-7-5-8-10(11)12-9/h9H,2-8H2,1H3/t9-/m0/s1. The van der Waals surface area contributed by atoms with Gasteiger partial charge in [-0.3, -0.25) is 4.79 Å². The van der Waals surface area contributed by atoms with E-state index in [-0.39, 0.29) is 0 Å². The van der Waals surface area contributed by atoms with E-state index in [4.69, 9.17) is 0 Å². The Bertz CT molecular complexity index is 145. The van der Waals surface area contributed by atoms with E-state index in [9.17, 15) is 4.79 Å². The van der Waals surface area contributed by atoms with Crippen LogP contribution in [-0.2, 0) is 4.79 Å². The monoisotopic (exact) mass is 186 g/mol. The maximum atomic E-state index is 11.1. The van der Waals surface area contributed by atoms with Crippen molar-refractivity contribution in [1.82, 2.24) is 0 Å². The molecule has 0 aromatic carbocycles.